The Bertz CT molecular complexity index is 259. The molecule has 0 aliphatic carbocycles. The molecule has 0 unspecified atom stereocenters. The molecule has 0 saturated heterocycles. The van der Waals surface area contributed by atoms with Gasteiger partial charge >= 0.3 is 0 Å². The van der Waals surface area contributed by atoms with E-state index >= 15 is 0 Å². The second-order valence-electron chi connectivity index (χ2n) is 2.81. The van der Waals surface area contributed by atoms with Crippen molar-refractivity contribution in [2.75, 3.05) is 6.54 Å². The van der Waals surface area contributed by atoms with Crippen LogP contribution in [0, 0.1) is 0 Å². The molecule has 0 aromatic carbocycles. The number of nitrogens with one attached hydrogen (secondary N) is 1. The molecule has 0 atom stereocenters. The Balaban J connectivity index is 2.31. The summed E-state index contributed by atoms with van der Waals surface area (Å²) in [6, 6.07) is 3.86. The van der Waals surface area contributed by atoms with Gasteiger partial charge in [0.1, 0.15) is 0 Å². The fourth-order valence-electron chi connectivity index (χ4n) is 1.09. The van der Waals surface area contributed by atoms with Crippen LogP contribution in [0.2, 0.25) is 0 Å². The van der Waals surface area contributed by atoms with Crippen LogP contribution in [0.5, 0.6) is 0 Å². The summed E-state index contributed by atoms with van der Waals surface area (Å²) in [5.74, 6) is 0.110. The van der Waals surface area contributed by atoms with Gasteiger partial charge in [0.2, 0.25) is 5.91 Å². The number of aromatic nitrogens is 1. The number of rotatable bonds is 4. The van der Waals surface area contributed by atoms with Crippen molar-refractivity contribution >= 4 is 5.91 Å². The highest BCUT2D eigenvalue weighted by molar-refractivity contribution is 5.76. The summed E-state index contributed by atoms with van der Waals surface area (Å²) >= 11 is 0. The average Bonchev–Trinajstić information content (AvgIpc) is 2.17. The molecule has 13 heavy (non-hydrogen) atoms. The monoisotopic (exact) mass is 178 g/mol. The molecule has 0 aliphatic rings. The Labute approximate surface area is 78.2 Å². The summed E-state index contributed by atoms with van der Waals surface area (Å²) in [6.07, 6.45) is 4.83. The summed E-state index contributed by atoms with van der Waals surface area (Å²) in [6.45, 7) is 2.62. The summed E-state index contributed by atoms with van der Waals surface area (Å²) in [4.78, 5) is 15.0. The molecule has 1 N–H and O–H groups in total. The minimum Gasteiger partial charge on any atom is -0.356 e. The molecule has 3 nitrogen and oxygen atoms in total. The first-order valence-corrected chi connectivity index (χ1v) is 4.48. The van der Waals surface area contributed by atoms with Gasteiger partial charge in [-0.05, 0) is 31.0 Å². The van der Waals surface area contributed by atoms with E-state index in [0.29, 0.717) is 13.0 Å². The van der Waals surface area contributed by atoms with Crippen LogP contribution in [-0.2, 0) is 11.2 Å². The molecule has 0 fully saturated rings. The van der Waals surface area contributed by atoms with Crippen LogP contribution in [0.1, 0.15) is 18.9 Å². The molecule has 0 saturated carbocycles. The highest BCUT2D eigenvalue weighted by Crippen LogP contribution is 2.00. The fourth-order valence-corrected chi connectivity index (χ4v) is 1.09. The maximum Gasteiger partial charge on any atom is 0.220 e. The van der Waals surface area contributed by atoms with Crippen molar-refractivity contribution in [2.45, 2.75) is 19.8 Å². The molecule has 0 bridgehead atoms. The Morgan fingerprint density at radius 2 is 2.15 bits per heavy atom. The van der Waals surface area contributed by atoms with Gasteiger partial charge in [0, 0.05) is 25.4 Å². The third-order valence-electron chi connectivity index (χ3n) is 1.76. The molecule has 1 rings (SSSR count). The first-order chi connectivity index (χ1) is 6.33. The van der Waals surface area contributed by atoms with Gasteiger partial charge in [-0.3, -0.25) is 9.78 Å². The minimum atomic E-state index is 0.110. The number of hydrogen-bond donors (Lipinski definition) is 1. The van der Waals surface area contributed by atoms with Crippen molar-refractivity contribution < 1.29 is 4.79 Å². The van der Waals surface area contributed by atoms with Crippen LogP contribution >= 0.6 is 0 Å². The summed E-state index contributed by atoms with van der Waals surface area (Å²) in [5.41, 5.74) is 1.15. The number of carbonyl (C=O) groups is 1. The van der Waals surface area contributed by atoms with Crippen molar-refractivity contribution in [1.82, 2.24) is 10.3 Å². The van der Waals surface area contributed by atoms with Gasteiger partial charge in [0.25, 0.3) is 0 Å². The molecule has 0 radical (unpaired) electrons. The molecule has 0 aliphatic heterocycles. The third-order valence-corrected chi connectivity index (χ3v) is 1.76. The zero-order valence-electron chi connectivity index (χ0n) is 7.79. The molecule has 1 heterocycles. The number of pyridine rings is 1. The van der Waals surface area contributed by atoms with Crippen molar-refractivity contribution in [2.24, 2.45) is 0 Å². The van der Waals surface area contributed by atoms with Crippen LogP contribution < -0.4 is 5.32 Å². The largest absolute Gasteiger partial charge is 0.356 e. The van der Waals surface area contributed by atoms with E-state index in [1.807, 2.05) is 19.1 Å². The van der Waals surface area contributed by atoms with Gasteiger partial charge in [-0.2, -0.15) is 0 Å². The van der Waals surface area contributed by atoms with Gasteiger partial charge < -0.3 is 5.32 Å². The van der Waals surface area contributed by atoms with Gasteiger partial charge in [-0.1, -0.05) is 0 Å². The Morgan fingerprint density at radius 3 is 2.77 bits per heavy atom. The van der Waals surface area contributed by atoms with E-state index in [0.717, 1.165) is 12.0 Å². The van der Waals surface area contributed by atoms with E-state index in [-0.39, 0.29) is 5.91 Å². The van der Waals surface area contributed by atoms with Crippen LogP contribution in [-0.4, -0.2) is 17.4 Å². The van der Waals surface area contributed by atoms with Crippen molar-refractivity contribution in [3.8, 4) is 0 Å². The Morgan fingerprint density at radius 1 is 1.46 bits per heavy atom. The van der Waals surface area contributed by atoms with E-state index in [1.54, 1.807) is 12.4 Å². The summed E-state index contributed by atoms with van der Waals surface area (Å²) < 4.78 is 0. The van der Waals surface area contributed by atoms with Crippen LogP contribution in [0.3, 0.4) is 0 Å². The van der Waals surface area contributed by atoms with Crippen molar-refractivity contribution in [1.29, 1.82) is 0 Å². The lowest BCUT2D eigenvalue weighted by Gasteiger charge is -2.01. The highest BCUT2D eigenvalue weighted by atomic mass is 16.1. The van der Waals surface area contributed by atoms with Crippen LogP contribution in [0.25, 0.3) is 0 Å². The number of carbonyl (C=O) groups excluding carboxylic acids is 1. The molecule has 1 amide bonds. The van der Waals surface area contributed by atoms with E-state index in [4.69, 9.17) is 0 Å². The number of nitrogens with zero attached hydrogens (tertiary/aromatic N) is 1. The van der Waals surface area contributed by atoms with Crippen LogP contribution in [0.4, 0.5) is 0 Å². The van der Waals surface area contributed by atoms with Gasteiger partial charge in [0.05, 0.1) is 0 Å². The third kappa shape index (κ3) is 3.69. The number of amides is 1. The molecule has 3 heteroatoms. The van der Waals surface area contributed by atoms with E-state index in [9.17, 15) is 4.79 Å². The first kappa shape index (κ1) is 9.71. The highest BCUT2D eigenvalue weighted by Gasteiger charge is 1.99. The Kier molecular flexibility index (Phi) is 3.96. The minimum absolute atomic E-state index is 0.110. The predicted octanol–water partition coefficient (Wildman–Crippen LogP) is 1.15. The zero-order valence-corrected chi connectivity index (χ0v) is 7.79. The molecule has 0 spiro atoms. The van der Waals surface area contributed by atoms with E-state index < -0.39 is 0 Å². The number of hydrogen-bond acceptors (Lipinski definition) is 2. The lowest BCUT2D eigenvalue weighted by molar-refractivity contribution is -0.120. The quantitative estimate of drug-likeness (QED) is 0.751. The molecule has 1 aromatic heterocycles. The molecule has 1 aromatic rings. The topological polar surface area (TPSA) is 42.0 Å². The molecular weight excluding hydrogens is 164 g/mol. The van der Waals surface area contributed by atoms with Gasteiger partial charge in [-0.15, -0.1) is 0 Å². The maximum atomic E-state index is 11.1. The first-order valence-electron chi connectivity index (χ1n) is 4.48. The van der Waals surface area contributed by atoms with E-state index in [2.05, 4.69) is 10.3 Å². The zero-order chi connectivity index (χ0) is 9.52. The van der Waals surface area contributed by atoms with Gasteiger partial charge in [-0.25, -0.2) is 0 Å². The standard InChI is InChI=1S/C10H14N2O/c1-2-12-10(13)4-3-9-5-7-11-8-6-9/h5-8H,2-4H2,1H3,(H,12,13). The smallest absolute Gasteiger partial charge is 0.220 e. The van der Waals surface area contributed by atoms with E-state index in [1.165, 1.54) is 0 Å². The second kappa shape index (κ2) is 5.30. The number of aryl methyl sites for hydroxylation is 1. The summed E-state index contributed by atoms with van der Waals surface area (Å²) in [7, 11) is 0. The fraction of sp³-hybridized carbons (Fsp3) is 0.400. The van der Waals surface area contributed by atoms with Crippen molar-refractivity contribution in [3.05, 3.63) is 30.1 Å². The normalized spacial score (nSPS) is 9.62. The SMILES string of the molecule is CCNC(=O)CCc1ccncc1. The summed E-state index contributed by atoms with van der Waals surface area (Å²) in [5, 5.41) is 2.76. The van der Waals surface area contributed by atoms with Gasteiger partial charge in [0.15, 0.2) is 0 Å². The Hall–Kier alpha value is -1.38. The lowest BCUT2D eigenvalue weighted by atomic mass is 10.1. The maximum absolute atomic E-state index is 11.1. The van der Waals surface area contributed by atoms with Crippen molar-refractivity contribution in [3.63, 3.8) is 0 Å². The molecule has 70 valence electrons. The molecular formula is C10H14N2O. The average molecular weight is 178 g/mol. The predicted molar refractivity (Wildman–Crippen MR) is 51.2 cm³/mol. The second-order valence-corrected chi connectivity index (χ2v) is 2.81. The lowest BCUT2D eigenvalue weighted by Crippen LogP contribution is -2.22. The van der Waals surface area contributed by atoms with Crippen LogP contribution in [0.15, 0.2) is 24.5 Å².